The fourth-order valence-corrected chi connectivity index (χ4v) is 4.30. The standard InChI is InChI=1S/C25H29ClN2O3/c1-31-24(30)17-28(23(29)15-18-9-5-2-3-6-10-18)22-14-13-20(26)16-21(22)25(27)19-11-7-4-8-12-19/h4,7-8,11-14,16,18,27H,2-3,5-6,9-10,15,17H2,1H3. The summed E-state index contributed by atoms with van der Waals surface area (Å²) in [5.74, 6) is -0.303. The molecule has 0 atom stereocenters. The van der Waals surface area contributed by atoms with Crippen LogP contribution in [0.15, 0.2) is 48.5 Å². The maximum absolute atomic E-state index is 13.4. The smallest absolute Gasteiger partial charge is 0.325 e. The third kappa shape index (κ3) is 6.17. The van der Waals surface area contributed by atoms with Gasteiger partial charge in [0.2, 0.25) is 5.91 Å². The van der Waals surface area contributed by atoms with Crippen LogP contribution in [-0.4, -0.2) is 31.2 Å². The molecule has 0 saturated heterocycles. The molecular formula is C25H29ClN2O3. The zero-order chi connectivity index (χ0) is 22.2. The van der Waals surface area contributed by atoms with E-state index in [2.05, 4.69) is 0 Å². The Balaban J connectivity index is 1.95. The monoisotopic (exact) mass is 440 g/mol. The number of halogens is 1. The molecule has 0 aromatic heterocycles. The van der Waals surface area contributed by atoms with Gasteiger partial charge in [0.1, 0.15) is 6.54 Å². The molecule has 2 aromatic rings. The van der Waals surface area contributed by atoms with Crippen LogP contribution >= 0.6 is 11.6 Å². The van der Waals surface area contributed by atoms with Gasteiger partial charge in [-0.25, -0.2) is 0 Å². The van der Waals surface area contributed by atoms with Gasteiger partial charge in [-0.05, 0) is 37.0 Å². The SMILES string of the molecule is COC(=O)CN(C(=O)CC1CCCCCC1)c1ccc(Cl)cc1C(=N)c1ccccc1. The summed E-state index contributed by atoms with van der Waals surface area (Å²) in [6, 6.07) is 14.3. The Hall–Kier alpha value is -2.66. The van der Waals surface area contributed by atoms with Crippen molar-refractivity contribution in [2.24, 2.45) is 5.92 Å². The summed E-state index contributed by atoms with van der Waals surface area (Å²) in [7, 11) is 1.31. The first-order valence-electron chi connectivity index (χ1n) is 10.8. The van der Waals surface area contributed by atoms with Gasteiger partial charge >= 0.3 is 5.97 Å². The molecule has 0 radical (unpaired) electrons. The van der Waals surface area contributed by atoms with Crippen molar-refractivity contribution < 1.29 is 14.3 Å². The molecule has 3 rings (SSSR count). The van der Waals surface area contributed by atoms with Crippen molar-refractivity contribution in [2.45, 2.75) is 44.9 Å². The van der Waals surface area contributed by atoms with E-state index in [1.54, 1.807) is 18.2 Å². The minimum atomic E-state index is -0.499. The van der Waals surface area contributed by atoms with Gasteiger partial charge in [-0.1, -0.05) is 67.6 Å². The summed E-state index contributed by atoms with van der Waals surface area (Å²) < 4.78 is 4.86. The van der Waals surface area contributed by atoms with Crippen LogP contribution in [0.3, 0.4) is 0 Å². The number of hydrogen-bond acceptors (Lipinski definition) is 4. The van der Waals surface area contributed by atoms with E-state index in [1.807, 2.05) is 30.3 Å². The van der Waals surface area contributed by atoms with Crippen LogP contribution in [0.2, 0.25) is 5.02 Å². The van der Waals surface area contributed by atoms with E-state index < -0.39 is 5.97 Å². The maximum Gasteiger partial charge on any atom is 0.325 e. The largest absolute Gasteiger partial charge is 0.468 e. The summed E-state index contributed by atoms with van der Waals surface area (Å²) in [4.78, 5) is 27.0. The molecule has 5 nitrogen and oxygen atoms in total. The van der Waals surface area contributed by atoms with Gasteiger partial charge < -0.3 is 9.64 Å². The highest BCUT2D eigenvalue weighted by Gasteiger charge is 2.26. The zero-order valence-corrected chi connectivity index (χ0v) is 18.7. The van der Waals surface area contributed by atoms with Crippen LogP contribution < -0.4 is 4.90 Å². The van der Waals surface area contributed by atoms with Gasteiger partial charge in [0.05, 0.1) is 18.5 Å². The molecule has 0 unspecified atom stereocenters. The number of methoxy groups -OCH3 is 1. The molecule has 1 amide bonds. The Labute approximate surface area is 188 Å². The highest BCUT2D eigenvalue weighted by atomic mass is 35.5. The lowest BCUT2D eigenvalue weighted by Gasteiger charge is -2.26. The molecule has 1 aliphatic rings. The summed E-state index contributed by atoms with van der Waals surface area (Å²) >= 11 is 6.25. The molecule has 0 bridgehead atoms. The number of anilines is 1. The molecule has 0 spiro atoms. The molecule has 0 aliphatic heterocycles. The highest BCUT2D eigenvalue weighted by Crippen LogP contribution is 2.30. The number of carbonyl (C=O) groups excluding carboxylic acids is 2. The highest BCUT2D eigenvalue weighted by molar-refractivity contribution is 6.31. The van der Waals surface area contributed by atoms with Crippen molar-refractivity contribution in [3.05, 3.63) is 64.7 Å². The number of rotatable bonds is 7. The van der Waals surface area contributed by atoms with Gasteiger partial charge in [-0.2, -0.15) is 0 Å². The molecule has 1 aliphatic carbocycles. The summed E-state index contributed by atoms with van der Waals surface area (Å²) in [5.41, 5.74) is 1.97. The van der Waals surface area contributed by atoms with Crippen molar-refractivity contribution in [1.82, 2.24) is 0 Å². The number of amides is 1. The Bertz CT molecular complexity index is 922. The van der Waals surface area contributed by atoms with Crippen LogP contribution in [-0.2, 0) is 14.3 Å². The number of nitrogens with one attached hydrogen (secondary N) is 1. The van der Waals surface area contributed by atoms with Crippen LogP contribution in [0.5, 0.6) is 0 Å². The predicted molar refractivity (Wildman–Crippen MR) is 124 cm³/mol. The van der Waals surface area contributed by atoms with Gasteiger partial charge in [0.25, 0.3) is 0 Å². The molecular weight excluding hydrogens is 412 g/mol. The van der Waals surface area contributed by atoms with E-state index in [9.17, 15) is 9.59 Å². The average Bonchev–Trinajstić information content (AvgIpc) is 3.06. The van der Waals surface area contributed by atoms with E-state index >= 15 is 0 Å². The summed E-state index contributed by atoms with van der Waals surface area (Å²) in [6.45, 7) is -0.196. The molecule has 2 aromatic carbocycles. The van der Waals surface area contributed by atoms with Gasteiger partial charge in [-0.3, -0.25) is 15.0 Å². The molecule has 1 N–H and O–H groups in total. The number of nitrogens with zero attached hydrogens (tertiary/aromatic N) is 1. The number of benzene rings is 2. The number of carbonyl (C=O) groups is 2. The van der Waals surface area contributed by atoms with Crippen molar-refractivity contribution >= 4 is 34.9 Å². The van der Waals surface area contributed by atoms with E-state index in [-0.39, 0.29) is 18.2 Å². The molecule has 0 heterocycles. The first kappa shape index (κ1) is 23.0. The molecule has 6 heteroatoms. The Morgan fingerprint density at radius 1 is 1.06 bits per heavy atom. The van der Waals surface area contributed by atoms with Crippen LogP contribution in [0, 0.1) is 11.3 Å². The van der Waals surface area contributed by atoms with Gasteiger partial charge in [0, 0.05) is 22.6 Å². The van der Waals surface area contributed by atoms with Crippen molar-refractivity contribution in [3.8, 4) is 0 Å². The molecule has 164 valence electrons. The van der Waals surface area contributed by atoms with Crippen molar-refractivity contribution in [1.29, 1.82) is 5.41 Å². The number of hydrogen-bond donors (Lipinski definition) is 1. The first-order chi connectivity index (χ1) is 15.0. The second-order valence-electron chi connectivity index (χ2n) is 8.02. The maximum atomic E-state index is 13.4. The van der Waals surface area contributed by atoms with Crippen LogP contribution in [0.4, 0.5) is 5.69 Å². The van der Waals surface area contributed by atoms with Gasteiger partial charge in [0.15, 0.2) is 0 Å². The first-order valence-corrected chi connectivity index (χ1v) is 11.2. The summed E-state index contributed by atoms with van der Waals surface area (Å²) in [6.07, 6.45) is 7.16. The van der Waals surface area contributed by atoms with Crippen molar-refractivity contribution in [3.63, 3.8) is 0 Å². The topological polar surface area (TPSA) is 70.5 Å². The fourth-order valence-electron chi connectivity index (χ4n) is 4.13. The number of ether oxygens (including phenoxy) is 1. The average molecular weight is 441 g/mol. The van der Waals surface area contributed by atoms with Crippen LogP contribution in [0.1, 0.15) is 56.1 Å². The number of esters is 1. The minimum Gasteiger partial charge on any atom is -0.468 e. The van der Waals surface area contributed by atoms with E-state index in [1.165, 1.54) is 24.9 Å². The van der Waals surface area contributed by atoms with Crippen LogP contribution in [0.25, 0.3) is 0 Å². The third-order valence-electron chi connectivity index (χ3n) is 5.84. The molecule has 1 fully saturated rings. The lowest BCUT2D eigenvalue weighted by Crippen LogP contribution is -2.38. The predicted octanol–water partition coefficient (Wildman–Crippen LogP) is 5.62. The van der Waals surface area contributed by atoms with Crippen molar-refractivity contribution in [2.75, 3.05) is 18.6 Å². The Morgan fingerprint density at radius 2 is 1.74 bits per heavy atom. The zero-order valence-electron chi connectivity index (χ0n) is 17.9. The van der Waals surface area contributed by atoms with Gasteiger partial charge in [-0.15, -0.1) is 0 Å². The Morgan fingerprint density at radius 3 is 2.39 bits per heavy atom. The van der Waals surface area contributed by atoms with E-state index in [0.29, 0.717) is 34.2 Å². The minimum absolute atomic E-state index is 0.123. The Kier molecular flexibility index (Phi) is 8.24. The quantitative estimate of drug-likeness (QED) is 0.345. The molecule has 1 saturated carbocycles. The lowest BCUT2D eigenvalue weighted by molar-refractivity contribution is -0.140. The lowest BCUT2D eigenvalue weighted by atomic mass is 9.95. The fraction of sp³-hybridized carbons (Fsp3) is 0.400. The third-order valence-corrected chi connectivity index (χ3v) is 6.07. The van der Waals surface area contributed by atoms with E-state index in [4.69, 9.17) is 21.7 Å². The normalized spacial score (nSPS) is 14.5. The second kappa shape index (κ2) is 11.1. The summed E-state index contributed by atoms with van der Waals surface area (Å²) in [5, 5.41) is 9.21. The van der Waals surface area contributed by atoms with E-state index in [0.717, 1.165) is 25.7 Å². The molecule has 31 heavy (non-hydrogen) atoms. The second-order valence-corrected chi connectivity index (χ2v) is 8.46.